The Morgan fingerprint density at radius 1 is 1.56 bits per heavy atom. The molecule has 0 spiro atoms. The van der Waals surface area contributed by atoms with E-state index in [9.17, 15) is 9.18 Å². The van der Waals surface area contributed by atoms with Crippen LogP contribution in [-0.2, 0) is 11.3 Å². The SMILES string of the molecule is COCc1c(C(=O)O)sc2ccc(F)cc12. The van der Waals surface area contributed by atoms with Crippen LogP contribution in [0.3, 0.4) is 0 Å². The summed E-state index contributed by atoms with van der Waals surface area (Å²) in [4.78, 5) is 11.2. The predicted molar refractivity (Wildman–Crippen MR) is 59.5 cm³/mol. The second-order valence-corrected chi connectivity index (χ2v) is 4.34. The Balaban J connectivity index is 2.71. The van der Waals surface area contributed by atoms with Crippen LogP contribution >= 0.6 is 11.3 Å². The van der Waals surface area contributed by atoms with Gasteiger partial charge in [0, 0.05) is 22.8 Å². The number of ether oxygens (including phenoxy) is 1. The monoisotopic (exact) mass is 240 g/mol. The summed E-state index contributed by atoms with van der Waals surface area (Å²) in [5, 5.41) is 9.64. The molecule has 0 atom stereocenters. The van der Waals surface area contributed by atoms with Gasteiger partial charge in [-0.3, -0.25) is 0 Å². The topological polar surface area (TPSA) is 46.5 Å². The van der Waals surface area contributed by atoms with Crippen molar-refractivity contribution in [1.29, 1.82) is 0 Å². The van der Waals surface area contributed by atoms with Crippen LogP contribution in [0.2, 0.25) is 0 Å². The first-order chi connectivity index (χ1) is 7.63. The Kier molecular flexibility index (Phi) is 2.89. The van der Waals surface area contributed by atoms with Gasteiger partial charge in [-0.2, -0.15) is 0 Å². The van der Waals surface area contributed by atoms with E-state index in [1.54, 1.807) is 6.07 Å². The van der Waals surface area contributed by atoms with Crippen LogP contribution in [0.25, 0.3) is 10.1 Å². The lowest BCUT2D eigenvalue weighted by Gasteiger charge is -1.99. The van der Waals surface area contributed by atoms with Gasteiger partial charge in [-0.1, -0.05) is 0 Å². The van der Waals surface area contributed by atoms with Gasteiger partial charge < -0.3 is 9.84 Å². The standard InChI is InChI=1S/C11H9FO3S/c1-15-5-8-7-4-6(12)2-3-9(7)16-10(8)11(13)14/h2-4H,5H2,1H3,(H,13,14). The molecule has 1 heterocycles. The van der Waals surface area contributed by atoms with Crippen molar-refractivity contribution < 1.29 is 19.0 Å². The summed E-state index contributed by atoms with van der Waals surface area (Å²) in [5.74, 6) is -1.38. The van der Waals surface area contributed by atoms with Gasteiger partial charge in [0.2, 0.25) is 0 Å². The van der Waals surface area contributed by atoms with E-state index >= 15 is 0 Å². The van der Waals surface area contributed by atoms with Gasteiger partial charge in [-0.05, 0) is 18.2 Å². The first-order valence-corrected chi connectivity index (χ1v) is 5.38. The van der Waals surface area contributed by atoms with E-state index in [-0.39, 0.29) is 17.3 Å². The van der Waals surface area contributed by atoms with Crippen LogP contribution in [-0.4, -0.2) is 18.2 Å². The van der Waals surface area contributed by atoms with Crippen LogP contribution in [0.15, 0.2) is 18.2 Å². The van der Waals surface area contributed by atoms with Gasteiger partial charge in [-0.15, -0.1) is 11.3 Å². The fourth-order valence-electron chi connectivity index (χ4n) is 1.58. The van der Waals surface area contributed by atoms with E-state index in [2.05, 4.69) is 0 Å². The molecule has 2 rings (SSSR count). The maximum absolute atomic E-state index is 13.1. The number of thiophene rings is 1. The maximum Gasteiger partial charge on any atom is 0.346 e. The molecule has 0 radical (unpaired) electrons. The summed E-state index contributed by atoms with van der Waals surface area (Å²) in [6.07, 6.45) is 0. The van der Waals surface area contributed by atoms with Gasteiger partial charge in [0.1, 0.15) is 10.7 Å². The largest absolute Gasteiger partial charge is 0.477 e. The summed E-state index contributed by atoms with van der Waals surface area (Å²) in [7, 11) is 1.48. The van der Waals surface area contributed by atoms with E-state index < -0.39 is 5.97 Å². The number of aromatic carboxylic acids is 1. The average Bonchev–Trinajstić information content (AvgIpc) is 2.58. The van der Waals surface area contributed by atoms with Crippen molar-refractivity contribution in [2.75, 3.05) is 7.11 Å². The fraction of sp³-hybridized carbons (Fsp3) is 0.182. The van der Waals surface area contributed by atoms with Crippen molar-refractivity contribution in [1.82, 2.24) is 0 Å². The lowest BCUT2D eigenvalue weighted by atomic mass is 10.1. The Morgan fingerprint density at radius 2 is 2.31 bits per heavy atom. The third kappa shape index (κ3) is 1.79. The highest BCUT2D eigenvalue weighted by atomic mass is 32.1. The number of carboxylic acid groups (broad SMARTS) is 1. The van der Waals surface area contributed by atoms with Gasteiger partial charge in [-0.25, -0.2) is 9.18 Å². The summed E-state index contributed by atoms with van der Waals surface area (Å²) < 4.78 is 18.8. The van der Waals surface area contributed by atoms with Crippen molar-refractivity contribution in [2.45, 2.75) is 6.61 Å². The average molecular weight is 240 g/mol. The highest BCUT2D eigenvalue weighted by molar-refractivity contribution is 7.21. The van der Waals surface area contributed by atoms with Crippen LogP contribution in [0.4, 0.5) is 4.39 Å². The Morgan fingerprint density at radius 3 is 2.94 bits per heavy atom. The summed E-state index contributed by atoms with van der Waals surface area (Å²) >= 11 is 1.13. The highest BCUT2D eigenvalue weighted by Gasteiger charge is 2.17. The number of carboxylic acids is 1. The minimum atomic E-state index is -1.01. The summed E-state index contributed by atoms with van der Waals surface area (Å²) in [6.45, 7) is 0.172. The third-order valence-electron chi connectivity index (χ3n) is 2.24. The van der Waals surface area contributed by atoms with Crippen molar-refractivity contribution >= 4 is 27.4 Å². The quantitative estimate of drug-likeness (QED) is 0.897. The van der Waals surface area contributed by atoms with Crippen LogP contribution < -0.4 is 0 Å². The lowest BCUT2D eigenvalue weighted by molar-refractivity contribution is 0.0698. The number of methoxy groups -OCH3 is 1. The first kappa shape index (κ1) is 11.0. The maximum atomic E-state index is 13.1. The molecular formula is C11H9FO3S. The number of hydrogen-bond acceptors (Lipinski definition) is 3. The lowest BCUT2D eigenvalue weighted by Crippen LogP contribution is -1.98. The molecule has 0 aliphatic rings. The van der Waals surface area contributed by atoms with Crippen molar-refractivity contribution in [2.24, 2.45) is 0 Å². The first-order valence-electron chi connectivity index (χ1n) is 4.56. The molecule has 0 saturated carbocycles. The van der Waals surface area contributed by atoms with Gasteiger partial charge in [0.25, 0.3) is 0 Å². The predicted octanol–water partition coefficient (Wildman–Crippen LogP) is 2.89. The molecule has 3 nitrogen and oxygen atoms in total. The fourth-order valence-corrected chi connectivity index (χ4v) is 2.61. The smallest absolute Gasteiger partial charge is 0.346 e. The molecule has 0 amide bonds. The number of carbonyl (C=O) groups is 1. The zero-order valence-electron chi connectivity index (χ0n) is 8.49. The normalized spacial score (nSPS) is 10.9. The van der Waals surface area contributed by atoms with Crippen molar-refractivity contribution in [3.8, 4) is 0 Å². The molecule has 0 aliphatic carbocycles. The molecule has 16 heavy (non-hydrogen) atoms. The molecule has 1 N–H and O–H groups in total. The van der Waals surface area contributed by atoms with Crippen LogP contribution in [0.1, 0.15) is 15.2 Å². The molecule has 5 heteroatoms. The zero-order valence-corrected chi connectivity index (χ0v) is 9.31. The van der Waals surface area contributed by atoms with Gasteiger partial charge in [0.15, 0.2) is 0 Å². The zero-order chi connectivity index (χ0) is 11.7. The van der Waals surface area contributed by atoms with Gasteiger partial charge >= 0.3 is 5.97 Å². The summed E-state index contributed by atoms with van der Waals surface area (Å²) in [5.41, 5.74) is 0.537. The second-order valence-electron chi connectivity index (χ2n) is 3.29. The second kappa shape index (κ2) is 4.19. The Labute approximate surface area is 95.1 Å². The van der Waals surface area contributed by atoms with Crippen LogP contribution in [0, 0.1) is 5.82 Å². The van der Waals surface area contributed by atoms with Crippen LogP contribution in [0.5, 0.6) is 0 Å². The minimum absolute atomic E-state index is 0.172. The minimum Gasteiger partial charge on any atom is -0.477 e. The Bertz CT molecular complexity index is 547. The molecule has 1 aromatic heterocycles. The number of halogens is 1. The Hall–Kier alpha value is -1.46. The van der Waals surface area contributed by atoms with Gasteiger partial charge in [0.05, 0.1) is 6.61 Å². The molecule has 0 bridgehead atoms. The molecule has 0 saturated heterocycles. The third-order valence-corrected chi connectivity index (χ3v) is 3.44. The molecule has 0 unspecified atom stereocenters. The molecule has 0 aliphatic heterocycles. The summed E-state index contributed by atoms with van der Waals surface area (Å²) in [6, 6.07) is 4.24. The van der Waals surface area contributed by atoms with E-state index in [4.69, 9.17) is 9.84 Å². The molecule has 1 aromatic carbocycles. The van der Waals surface area contributed by atoms with E-state index in [0.29, 0.717) is 10.9 Å². The molecule has 84 valence electrons. The number of rotatable bonds is 3. The van der Waals surface area contributed by atoms with E-state index in [1.165, 1.54) is 19.2 Å². The number of benzene rings is 1. The molecular weight excluding hydrogens is 231 g/mol. The van der Waals surface area contributed by atoms with Crippen molar-refractivity contribution in [3.63, 3.8) is 0 Å². The van der Waals surface area contributed by atoms with E-state index in [1.807, 2.05) is 0 Å². The highest BCUT2D eigenvalue weighted by Crippen LogP contribution is 2.32. The molecule has 0 fully saturated rings. The number of fused-ring (bicyclic) bond motifs is 1. The van der Waals surface area contributed by atoms with Crippen molar-refractivity contribution in [3.05, 3.63) is 34.5 Å². The number of hydrogen-bond donors (Lipinski definition) is 1. The van der Waals surface area contributed by atoms with E-state index in [0.717, 1.165) is 16.0 Å². The molecule has 2 aromatic rings.